The molecule has 0 fully saturated rings. The number of benzene rings is 3. The monoisotopic (exact) mass is 452 g/mol. The van der Waals surface area contributed by atoms with Crippen LogP contribution in [0.3, 0.4) is 0 Å². The van der Waals surface area contributed by atoms with E-state index in [9.17, 15) is 13.2 Å². The average Bonchev–Trinajstić information content (AvgIpc) is 2.74. The summed E-state index contributed by atoms with van der Waals surface area (Å²) in [7, 11) is -3.50. The minimum atomic E-state index is -3.50. The zero-order valence-electron chi connectivity index (χ0n) is 18.8. The molecular formula is C25H28N2O4S. The zero-order chi connectivity index (χ0) is 23.3. The SMILES string of the molecule is CCOc1ccc(N(Cc2ccc(C(=O)Nc3ccc(C)cc3C)cc2)S(C)(=O)=O)cc1. The maximum Gasteiger partial charge on any atom is 0.255 e. The highest BCUT2D eigenvalue weighted by Gasteiger charge is 2.18. The van der Waals surface area contributed by atoms with Crippen LogP contribution in [0.4, 0.5) is 11.4 Å². The first kappa shape index (κ1) is 23.3. The normalized spacial score (nSPS) is 11.1. The van der Waals surface area contributed by atoms with Crippen LogP contribution in [0.25, 0.3) is 0 Å². The summed E-state index contributed by atoms with van der Waals surface area (Å²) in [6.07, 6.45) is 1.18. The van der Waals surface area contributed by atoms with Gasteiger partial charge in [0, 0.05) is 11.3 Å². The minimum absolute atomic E-state index is 0.159. The summed E-state index contributed by atoms with van der Waals surface area (Å²) in [6, 6.07) is 19.7. The van der Waals surface area contributed by atoms with Crippen molar-refractivity contribution in [3.8, 4) is 5.75 Å². The summed E-state index contributed by atoms with van der Waals surface area (Å²) in [5, 5.41) is 2.92. The van der Waals surface area contributed by atoms with Crippen molar-refractivity contribution in [1.29, 1.82) is 0 Å². The number of amides is 1. The third-order valence-corrected chi connectivity index (χ3v) is 6.15. The second kappa shape index (κ2) is 9.87. The van der Waals surface area contributed by atoms with E-state index in [0.29, 0.717) is 23.6 Å². The molecule has 3 aromatic carbocycles. The Labute approximate surface area is 189 Å². The summed E-state index contributed by atoms with van der Waals surface area (Å²) in [5.41, 5.74) is 4.71. The van der Waals surface area contributed by atoms with Crippen LogP contribution in [0.15, 0.2) is 66.7 Å². The van der Waals surface area contributed by atoms with Gasteiger partial charge in [-0.05, 0) is 74.4 Å². The van der Waals surface area contributed by atoms with Crippen molar-refractivity contribution < 1.29 is 17.9 Å². The van der Waals surface area contributed by atoms with Gasteiger partial charge in [0.1, 0.15) is 5.75 Å². The minimum Gasteiger partial charge on any atom is -0.494 e. The fourth-order valence-electron chi connectivity index (χ4n) is 3.35. The lowest BCUT2D eigenvalue weighted by molar-refractivity contribution is 0.102. The highest BCUT2D eigenvalue weighted by Crippen LogP contribution is 2.24. The molecule has 6 nitrogen and oxygen atoms in total. The van der Waals surface area contributed by atoms with Gasteiger partial charge in [0.2, 0.25) is 10.0 Å². The van der Waals surface area contributed by atoms with Gasteiger partial charge in [-0.3, -0.25) is 9.10 Å². The topological polar surface area (TPSA) is 75.7 Å². The first-order valence-corrected chi connectivity index (χ1v) is 12.2. The number of hydrogen-bond donors (Lipinski definition) is 1. The van der Waals surface area contributed by atoms with Gasteiger partial charge < -0.3 is 10.1 Å². The number of carbonyl (C=O) groups excluding carboxylic acids is 1. The molecule has 32 heavy (non-hydrogen) atoms. The van der Waals surface area contributed by atoms with E-state index < -0.39 is 10.0 Å². The van der Waals surface area contributed by atoms with E-state index in [4.69, 9.17) is 4.74 Å². The number of hydrogen-bond acceptors (Lipinski definition) is 4. The van der Waals surface area contributed by atoms with Gasteiger partial charge in [0.05, 0.1) is 25.1 Å². The van der Waals surface area contributed by atoms with Crippen LogP contribution in [0.5, 0.6) is 5.75 Å². The summed E-state index contributed by atoms with van der Waals surface area (Å²) < 4.78 is 31.6. The third-order valence-electron chi connectivity index (χ3n) is 5.01. The van der Waals surface area contributed by atoms with Crippen molar-refractivity contribution in [2.45, 2.75) is 27.3 Å². The molecule has 1 N–H and O–H groups in total. The third kappa shape index (κ3) is 5.88. The van der Waals surface area contributed by atoms with E-state index in [0.717, 1.165) is 22.4 Å². The summed E-state index contributed by atoms with van der Waals surface area (Å²) in [5.74, 6) is 0.471. The molecular weight excluding hydrogens is 424 g/mol. The molecule has 0 aliphatic carbocycles. The smallest absolute Gasteiger partial charge is 0.255 e. The van der Waals surface area contributed by atoms with Crippen LogP contribution < -0.4 is 14.4 Å². The van der Waals surface area contributed by atoms with Crippen molar-refractivity contribution in [1.82, 2.24) is 0 Å². The van der Waals surface area contributed by atoms with Gasteiger partial charge in [-0.25, -0.2) is 8.42 Å². The quantitative estimate of drug-likeness (QED) is 0.526. The Morgan fingerprint density at radius 1 is 0.969 bits per heavy atom. The Morgan fingerprint density at radius 2 is 1.62 bits per heavy atom. The van der Waals surface area contributed by atoms with Crippen LogP contribution in [-0.4, -0.2) is 27.2 Å². The van der Waals surface area contributed by atoms with E-state index in [-0.39, 0.29) is 12.5 Å². The number of nitrogens with zero attached hydrogens (tertiary/aromatic N) is 1. The van der Waals surface area contributed by atoms with Crippen LogP contribution in [0, 0.1) is 13.8 Å². The molecule has 1 amide bonds. The van der Waals surface area contributed by atoms with Gasteiger partial charge in [-0.1, -0.05) is 29.8 Å². The van der Waals surface area contributed by atoms with E-state index >= 15 is 0 Å². The van der Waals surface area contributed by atoms with E-state index in [2.05, 4.69) is 5.32 Å². The Hall–Kier alpha value is -3.32. The Bertz CT molecular complexity index is 1190. The molecule has 0 aliphatic rings. The molecule has 0 heterocycles. The molecule has 0 radical (unpaired) electrons. The van der Waals surface area contributed by atoms with Crippen molar-refractivity contribution in [2.24, 2.45) is 0 Å². The van der Waals surface area contributed by atoms with Crippen LogP contribution in [0.2, 0.25) is 0 Å². The zero-order valence-corrected chi connectivity index (χ0v) is 19.6. The van der Waals surface area contributed by atoms with Gasteiger partial charge in [0.25, 0.3) is 5.91 Å². The second-order valence-electron chi connectivity index (χ2n) is 7.67. The van der Waals surface area contributed by atoms with Crippen molar-refractivity contribution in [3.05, 3.63) is 89.0 Å². The number of anilines is 2. The van der Waals surface area contributed by atoms with E-state index in [1.54, 1.807) is 48.5 Å². The standard InChI is InChI=1S/C25H28N2O4S/c1-5-31-23-13-11-22(12-14-23)27(32(4,29)30)17-20-7-9-21(10-8-20)25(28)26-24-15-6-18(2)16-19(24)3/h6-16H,5,17H2,1-4H3,(H,26,28). The molecule has 0 saturated carbocycles. The number of ether oxygens (including phenoxy) is 1. The molecule has 168 valence electrons. The van der Waals surface area contributed by atoms with Gasteiger partial charge >= 0.3 is 0 Å². The maximum absolute atomic E-state index is 12.6. The molecule has 0 bridgehead atoms. The van der Waals surface area contributed by atoms with Crippen LogP contribution >= 0.6 is 0 Å². The highest BCUT2D eigenvalue weighted by atomic mass is 32.2. The van der Waals surface area contributed by atoms with Crippen molar-refractivity contribution in [2.75, 3.05) is 22.5 Å². The summed E-state index contributed by atoms with van der Waals surface area (Å²) in [4.78, 5) is 12.6. The van der Waals surface area contributed by atoms with Crippen molar-refractivity contribution >= 4 is 27.3 Å². The van der Waals surface area contributed by atoms with Crippen LogP contribution in [0.1, 0.15) is 34.0 Å². The highest BCUT2D eigenvalue weighted by molar-refractivity contribution is 7.92. The number of nitrogens with one attached hydrogen (secondary N) is 1. The molecule has 3 aromatic rings. The number of rotatable bonds is 8. The van der Waals surface area contributed by atoms with E-state index in [1.807, 2.05) is 39.0 Å². The molecule has 7 heteroatoms. The Kier molecular flexibility index (Phi) is 7.20. The predicted octanol–water partition coefficient (Wildman–Crippen LogP) is 4.92. The van der Waals surface area contributed by atoms with E-state index in [1.165, 1.54) is 10.6 Å². The molecule has 0 aliphatic heterocycles. The average molecular weight is 453 g/mol. The lowest BCUT2D eigenvalue weighted by atomic mass is 10.1. The number of sulfonamides is 1. The molecule has 0 spiro atoms. The van der Waals surface area contributed by atoms with Gasteiger partial charge in [0.15, 0.2) is 0 Å². The van der Waals surface area contributed by atoms with Crippen LogP contribution in [-0.2, 0) is 16.6 Å². The molecule has 0 unspecified atom stereocenters. The molecule has 0 aromatic heterocycles. The van der Waals surface area contributed by atoms with Gasteiger partial charge in [-0.15, -0.1) is 0 Å². The fraction of sp³-hybridized carbons (Fsp3) is 0.240. The van der Waals surface area contributed by atoms with Gasteiger partial charge in [-0.2, -0.15) is 0 Å². The first-order valence-electron chi connectivity index (χ1n) is 10.4. The lowest BCUT2D eigenvalue weighted by Gasteiger charge is -2.23. The molecule has 0 saturated heterocycles. The summed E-state index contributed by atoms with van der Waals surface area (Å²) >= 11 is 0. The van der Waals surface area contributed by atoms with Crippen molar-refractivity contribution in [3.63, 3.8) is 0 Å². The number of aryl methyl sites for hydroxylation is 2. The first-order chi connectivity index (χ1) is 15.2. The molecule has 3 rings (SSSR count). The second-order valence-corrected chi connectivity index (χ2v) is 9.57. The summed E-state index contributed by atoms with van der Waals surface area (Å²) in [6.45, 7) is 6.55. The number of carbonyl (C=O) groups is 1. The fourth-order valence-corrected chi connectivity index (χ4v) is 4.24. The Balaban J connectivity index is 1.75. The largest absolute Gasteiger partial charge is 0.494 e. The predicted molar refractivity (Wildman–Crippen MR) is 129 cm³/mol. The maximum atomic E-state index is 12.6. The lowest BCUT2D eigenvalue weighted by Crippen LogP contribution is -2.29. The molecule has 0 atom stereocenters. The Morgan fingerprint density at radius 3 is 2.19 bits per heavy atom.